The minimum Gasteiger partial charge on any atom is -0.497 e. The molecule has 0 fully saturated rings. The molecule has 0 N–H and O–H groups in total. The smallest absolute Gasteiger partial charge is 0.234 e. The van der Waals surface area contributed by atoms with Crippen molar-refractivity contribution >= 4 is 5.78 Å². The molecule has 0 atom stereocenters. The molecule has 4 nitrogen and oxygen atoms in total. The average molecular weight is 301 g/mol. The highest BCUT2D eigenvalue weighted by Crippen LogP contribution is 2.27. The van der Waals surface area contributed by atoms with Crippen LogP contribution in [-0.4, -0.2) is 21.5 Å². The number of hydrogen-bond donors (Lipinski definition) is 0. The highest BCUT2D eigenvalue weighted by molar-refractivity contribution is 5.71. The van der Waals surface area contributed by atoms with Crippen LogP contribution in [0, 0.1) is 0 Å². The Bertz CT molecular complexity index is 943. The summed E-state index contributed by atoms with van der Waals surface area (Å²) in [5.74, 6) is 1.53. The molecule has 0 spiro atoms. The Hall–Kier alpha value is -3.14. The number of benzene rings is 2. The molecule has 0 unspecified atom stereocenters. The molecular weight excluding hydrogens is 286 g/mol. The van der Waals surface area contributed by atoms with Crippen molar-refractivity contribution in [2.45, 2.75) is 0 Å². The minimum absolute atomic E-state index is 0.692. The lowest BCUT2D eigenvalue weighted by Crippen LogP contribution is -1.96. The van der Waals surface area contributed by atoms with Gasteiger partial charge in [0.25, 0.3) is 0 Å². The quantitative estimate of drug-likeness (QED) is 0.572. The van der Waals surface area contributed by atoms with E-state index in [1.54, 1.807) is 13.3 Å². The Morgan fingerprint density at radius 2 is 1.70 bits per heavy atom. The Morgan fingerprint density at radius 3 is 2.43 bits per heavy atom. The van der Waals surface area contributed by atoms with Gasteiger partial charge in [-0.15, -0.1) is 0 Å². The van der Waals surface area contributed by atoms with E-state index in [2.05, 4.69) is 28.2 Å². The topological polar surface area (TPSA) is 39.4 Å². The number of ether oxygens (including phenoxy) is 1. The van der Waals surface area contributed by atoms with E-state index in [0.717, 1.165) is 28.3 Å². The summed E-state index contributed by atoms with van der Waals surface area (Å²) in [6.45, 7) is 0. The van der Waals surface area contributed by atoms with Gasteiger partial charge in [-0.2, -0.15) is 0 Å². The van der Waals surface area contributed by atoms with Gasteiger partial charge >= 0.3 is 0 Å². The zero-order chi connectivity index (χ0) is 15.6. The van der Waals surface area contributed by atoms with E-state index in [-0.39, 0.29) is 0 Å². The van der Waals surface area contributed by atoms with E-state index >= 15 is 0 Å². The number of imidazole rings is 1. The number of aromatic nitrogens is 3. The van der Waals surface area contributed by atoms with Crippen LogP contribution in [0.3, 0.4) is 0 Å². The molecule has 23 heavy (non-hydrogen) atoms. The fourth-order valence-electron chi connectivity index (χ4n) is 2.65. The Morgan fingerprint density at radius 1 is 0.913 bits per heavy atom. The summed E-state index contributed by atoms with van der Waals surface area (Å²) < 4.78 is 7.23. The molecule has 0 amide bonds. The van der Waals surface area contributed by atoms with Crippen molar-refractivity contribution in [2.24, 2.45) is 0 Å². The van der Waals surface area contributed by atoms with E-state index in [9.17, 15) is 0 Å². The first-order valence-corrected chi connectivity index (χ1v) is 7.39. The maximum absolute atomic E-state index is 5.24. The van der Waals surface area contributed by atoms with Crippen LogP contribution in [0.2, 0.25) is 0 Å². The van der Waals surface area contributed by atoms with Crippen molar-refractivity contribution in [3.05, 3.63) is 73.1 Å². The molecule has 0 aliphatic heterocycles. The third-order valence-electron chi connectivity index (χ3n) is 3.83. The molecule has 2 aromatic carbocycles. The van der Waals surface area contributed by atoms with Crippen molar-refractivity contribution in [3.8, 4) is 28.3 Å². The van der Waals surface area contributed by atoms with Crippen LogP contribution in [0.1, 0.15) is 0 Å². The summed E-state index contributed by atoms with van der Waals surface area (Å²) in [7, 11) is 1.67. The molecule has 4 rings (SSSR count). The summed E-state index contributed by atoms with van der Waals surface area (Å²) >= 11 is 0. The van der Waals surface area contributed by atoms with Crippen LogP contribution in [0.25, 0.3) is 28.3 Å². The first-order valence-electron chi connectivity index (χ1n) is 7.39. The molecule has 0 radical (unpaired) electrons. The summed E-state index contributed by atoms with van der Waals surface area (Å²) in [5.41, 5.74) is 4.13. The predicted molar refractivity (Wildman–Crippen MR) is 90.4 cm³/mol. The molecule has 0 aliphatic rings. The summed E-state index contributed by atoms with van der Waals surface area (Å²) in [4.78, 5) is 9.00. The van der Waals surface area contributed by atoms with Crippen molar-refractivity contribution in [2.75, 3.05) is 7.11 Å². The van der Waals surface area contributed by atoms with Gasteiger partial charge in [0.1, 0.15) is 5.75 Å². The van der Waals surface area contributed by atoms with Crippen LogP contribution in [0.15, 0.2) is 73.1 Å². The Labute approximate surface area is 134 Å². The second kappa shape index (κ2) is 5.57. The van der Waals surface area contributed by atoms with Gasteiger partial charge in [0.2, 0.25) is 5.78 Å². The standard InChI is InChI=1S/C19H15N3O/c1-23-16-9-7-15(8-10-16)18-13-17(14-5-3-2-4-6-14)21-19-20-11-12-22(18)19/h2-13H,1H3. The van der Waals surface area contributed by atoms with Gasteiger partial charge in [-0.25, -0.2) is 9.97 Å². The van der Waals surface area contributed by atoms with Crippen LogP contribution < -0.4 is 4.74 Å². The summed E-state index contributed by atoms with van der Waals surface area (Å²) in [6.07, 6.45) is 3.70. The lowest BCUT2D eigenvalue weighted by molar-refractivity contribution is 0.415. The molecule has 0 saturated carbocycles. The molecule has 112 valence electrons. The van der Waals surface area contributed by atoms with Crippen LogP contribution in [-0.2, 0) is 0 Å². The molecule has 4 heteroatoms. The van der Waals surface area contributed by atoms with Crippen molar-refractivity contribution in [1.29, 1.82) is 0 Å². The monoisotopic (exact) mass is 301 g/mol. The van der Waals surface area contributed by atoms with Gasteiger partial charge in [0.15, 0.2) is 0 Å². The zero-order valence-corrected chi connectivity index (χ0v) is 12.7. The van der Waals surface area contributed by atoms with Gasteiger partial charge in [0.05, 0.1) is 18.5 Å². The third kappa shape index (κ3) is 2.44. The van der Waals surface area contributed by atoms with E-state index in [4.69, 9.17) is 4.74 Å². The maximum Gasteiger partial charge on any atom is 0.234 e. The van der Waals surface area contributed by atoms with Gasteiger partial charge in [-0.3, -0.25) is 4.40 Å². The molecule has 0 saturated heterocycles. The minimum atomic E-state index is 0.692. The highest BCUT2D eigenvalue weighted by Gasteiger charge is 2.10. The van der Waals surface area contributed by atoms with Gasteiger partial charge in [-0.1, -0.05) is 30.3 Å². The number of methoxy groups -OCH3 is 1. The molecule has 0 aliphatic carbocycles. The molecule has 0 bridgehead atoms. The van der Waals surface area contributed by atoms with Crippen LogP contribution in [0.4, 0.5) is 0 Å². The Kier molecular flexibility index (Phi) is 3.27. The summed E-state index contributed by atoms with van der Waals surface area (Å²) in [6, 6.07) is 20.2. The van der Waals surface area contributed by atoms with Crippen LogP contribution in [0.5, 0.6) is 5.75 Å². The summed E-state index contributed by atoms with van der Waals surface area (Å²) in [5, 5.41) is 0. The number of hydrogen-bond acceptors (Lipinski definition) is 3. The molecule has 4 aromatic rings. The average Bonchev–Trinajstić information content (AvgIpc) is 3.10. The lowest BCUT2D eigenvalue weighted by atomic mass is 10.1. The fourth-order valence-corrected chi connectivity index (χ4v) is 2.65. The SMILES string of the molecule is COc1ccc(-c2cc(-c3ccccc3)nc3nccn23)cc1. The van der Waals surface area contributed by atoms with Gasteiger partial charge < -0.3 is 4.74 Å². The van der Waals surface area contributed by atoms with E-state index in [1.807, 2.05) is 53.1 Å². The van der Waals surface area contributed by atoms with Crippen molar-refractivity contribution in [3.63, 3.8) is 0 Å². The van der Waals surface area contributed by atoms with E-state index < -0.39 is 0 Å². The van der Waals surface area contributed by atoms with Gasteiger partial charge in [0, 0.05) is 18.0 Å². The first kappa shape index (κ1) is 13.5. The number of fused-ring (bicyclic) bond motifs is 1. The van der Waals surface area contributed by atoms with E-state index in [0.29, 0.717) is 5.78 Å². The maximum atomic E-state index is 5.24. The molecular formula is C19H15N3O. The highest BCUT2D eigenvalue weighted by atomic mass is 16.5. The van der Waals surface area contributed by atoms with Gasteiger partial charge in [-0.05, 0) is 35.9 Å². The molecule has 2 heterocycles. The predicted octanol–water partition coefficient (Wildman–Crippen LogP) is 4.07. The zero-order valence-electron chi connectivity index (χ0n) is 12.7. The third-order valence-corrected chi connectivity index (χ3v) is 3.83. The second-order valence-corrected chi connectivity index (χ2v) is 5.22. The Balaban J connectivity index is 1.92. The second-order valence-electron chi connectivity index (χ2n) is 5.22. The number of nitrogens with zero attached hydrogens (tertiary/aromatic N) is 3. The van der Waals surface area contributed by atoms with Crippen molar-refractivity contribution < 1.29 is 4.74 Å². The normalized spacial score (nSPS) is 10.8. The molecule has 2 aromatic heterocycles. The fraction of sp³-hybridized carbons (Fsp3) is 0.0526. The largest absolute Gasteiger partial charge is 0.497 e. The first-order chi connectivity index (χ1) is 11.3. The van der Waals surface area contributed by atoms with Crippen molar-refractivity contribution in [1.82, 2.24) is 14.4 Å². The lowest BCUT2D eigenvalue weighted by Gasteiger charge is -2.09. The van der Waals surface area contributed by atoms with Crippen LogP contribution >= 0.6 is 0 Å². The van der Waals surface area contributed by atoms with E-state index in [1.165, 1.54) is 0 Å². The number of rotatable bonds is 3.